The molecule has 1 heterocycles. The first-order chi connectivity index (χ1) is 15.1. The van der Waals surface area contributed by atoms with Gasteiger partial charge in [-0.1, -0.05) is 91.8 Å². The van der Waals surface area contributed by atoms with Gasteiger partial charge in [-0.3, -0.25) is 0 Å². The number of para-hydroxylation sites is 2. The average molecular weight is 433 g/mol. The van der Waals surface area contributed by atoms with E-state index in [1.165, 1.54) is 22.3 Å². The summed E-state index contributed by atoms with van der Waals surface area (Å²) in [6.45, 7) is 20.0. The Hall–Kier alpha value is -2.42. The van der Waals surface area contributed by atoms with Crippen molar-refractivity contribution in [3.63, 3.8) is 0 Å². The lowest BCUT2D eigenvalue weighted by atomic mass is 9.92. The lowest BCUT2D eigenvalue weighted by molar-refractivity contribution is 0.241. The zero-order chi connectivity index (χ0) is 23.6. The first-order valence-corrected chi connectivity index (χ1v) is 12.2. The molecule has 32 heavy (non-hydrogen) atoms. The standard InChI is InChI=1S/C29H40N2O/c1-17(2)22-12-10-13-23(18(3)4)27(22)30-26-16-21(9)32-29(26)31-28-24(19(5)6)14-11-15-25(28)20(7)8/h10-15,17-21H,16H2,1-9H3. The van der Waals surface area contributed by atoms with Gasteiger partial charge < -0.3 is 4.74 Å². The second kappa shape index (κ2) is 10.0. The molecule has 0 aliphatic carbocycles. The molecule has 2 aromatic rings. The summed E-state index contributed by atoms with van der Waals surface area (Å²) in [5.41, 5.74) is 8.20. The molecule has 1 aliphatic heterocycles. The fourth-order valence-corrected chi connectivity index (χ4v) is 4.36. The van der Waals surface area contributed by atoms with Crippen molar-refractivity contribution in [2.75, 3.05) is 0 Å². The van der Waals surface area contributed by atoms with Gasteiger partial charge in [-0.2, -0.15) is 0 Å². The maximum atomic E-state index is 6.24. The molecule has 0 radical (unpaired) electrons. The second-order valence-electron chi connectivity index (χ2n) is 10.3. The molecule has 1 aliphatic rings. The Balaban J connectivity index is 2.20. The Morgan fingerprint density at radius 2 is 1.03 bits per heavy atom. The SMILES string of the molecule is CC1CC(=Nc2c(C(C)C)cccc2C(C)C)C(=Nc2c(C(C)C)cccc2C(C)C)O1. The van der Waals surface area contributed by atoms with Crippen molar-refractivity contribution in [1.29, 1.82) is 0 Å². The van der Waals surface area contributed by atoms with Crippen LogP contribution in [-0.4, -0.2) is 17.7 Å². The monoisotopic (exact) mass is 432 g/mol. The van der Waals surface area contributed by atoms with Crippen LogP contribution in [0.25, 0.3) is 0 Å². The average Bonchev–Trinajstić information content (AvgIpc) is 3.06. The molecule has 0 aromatic heterocycles. The fraction of sp³-hybridized carbons (Fsp3) is 0.517. The van der Waals surface area contributed by atoms with E-state index in [2.05, 4.69) is 98.7 Å². The van der Waals surface area contributed by atoms with E-state index in [1.54, 1.807) is 0 Å². The molecule has 1 unspecified atom stereocenters. The third kappa shape index (κ3) is 5.14. The van der Waals surface area contributed by atoms with E-state index in [0.717, 1.165) is 23.5 Å². The van der Waals surface area contributed by atoms with Crippen LogP contribution >= 0.6 is 0 Å². The van der Waals surface area contributed by atoms with Crippen LogP contribution in [0.15, 0.2) is 46.4 Å². The van der Waals surface area contributed by atoms with Crippen LogP contribution in [0.3, 0.4) is 0 Å². The van der Waals surface area contributed by atoms with Crippen LogP contribution in [0.4, 0.5) is 11.4 Å². The lowest BCUT2D eigenvalue weighted by Crippen LogP contribution is -2.09. The van der Waals surface area contributed by atoms with E-state index < -0.39 is 0 Å². The van der Waals surface area contributed by atoms with Gasteiger partial charge in [0.2, 0.25) is 5.90 Å². The Morgan fingerprint density at radius 3 is 1.41 bits per heavy atom. The fourth-order valence-electron chi connectivity index (χ4n) is 4.36. The molecular weight excluding hydrogens is 392 g/mol. The highest BCUT2D eigenvalue weighted by Gasteiger charge is 2.28. The Kier molecular flexibility index (Phi) is 7.59. The van der Waals surface area contributed by atoms with Crippen LogP contribution in [0.5, 0.6) is 0 Å². The number of hydrogen-bond acceptors (Lipinski definition) is 3. The van der Waals surface area contributed by atoms with E-state index >= 15 is 0 Å². The van der Waals surface area contributed by atoms with Gasteiger partial charge in [0.15, 0.2) is 0 Å². The third-order valence-electron chi connectivity index (χ3n) is 6.19. The molecule has 1 atom stereocenters. The van der Waals surface area contributed by atoms with E-state index in [4.69, 9.17) is 14.7 Å². The van der Waals surface area contributed by atoms with Crippen LogP contribution in [-0.2, 0) is 4.74 Å². The van der Waals surface area contributed by atoms with Gasteiger partial charge in [0.25, 0.3) is 0 Å². The number of nitrogens with zero attached hydrogens (tertiary/aromatic N) is 2. The first kappa shape index (κ1) is 24.2. The maximum Gasteiger partial charge on any atom is 0.236 e. The molecule has 1 saturated heterocycles. The maximum absolute atomic E-state index is 6.24. The number of benzene rings is 2. The highest BCUT2D eigenvalue weighted by Crippen LogP contribution is 2.38. The number of rotatable bonds is 6. The van der Waals surface area contributed by atoms with Crippen LogP contribution in [0.2, 0.25) is 0 Å². The molecule has 2 aromatic carbocycles. The van der Waals surface area contributed by atoms with Gasteiger partial charge in [-0.05, 0) is 52.8 Å². The van der Waals surface area contributed by atoms with Gasteiger partial charge in [-0.15, -0.1) is 0 Å². The summed E-state index contributed by atoms with van der Waals surface area (Å²) < 4.78 is 6.24. The predicted molar refractivity (Wildman–Crippen MR) is 139 cm³/mol. The van der Waals surface area contributed by atoms with Crippen molar-refractivity contribution in [1.82, 2.24) is 0 Å². The van der Waals surface area contributed by atoms with Crippen LogP contribution < -0.4 is 0 Å². The molecular formula is C29H40N2O. The third-order valence-corrected chi connectivity index (χ3v) is 6.19. The van der Waals surface area contributed by atoms with Crippen molar-refractivity contribution in [2.45, 2.75) is 98.5 Å². The van der Waals surface area contributed by atoms with E-state index in [9.17, 15) is 0 Å². The molecule has 0 saturated carbocycles. The van der Waals surface area contributed by atoms with Gasteiger partial charge in [0.05, 0.1) is 11.4 Å². The molecule has 0 amide bonds. The zero-order valence-corrected chi connectivity index (χ0v) is 21.4. The quantitative estimate of drug-likeness (QED) is 0.449. The molecule has 1 fully saturated rings. The summed E-state index contributed by atoms with van der Waals surface area (Å²) in [5.74, 6) is 2.27. The molecule has 0 N–H and O–H groups in total. The second-order valence-corrected chi connectivity index (χ2v) is 10.3. The highest BCUT2D eigenvalue weighted by atomic mass is 16.5. The van der Waals surface area contributed by atoms with Crippen LogP contribution in [0, 0.1) is 0 Å². The summed E-state index contributed by atoms with van der Waals surface area (Å²) in [4.78, 5) is 10.4. The minimum absolute atomic E-state index is 0.0786. The summed E-state index contributed by atoms with van der Waals surface area (Å²) in [5, 5.41) is 0. The number of hydrogen-bond donors (Lipinski definition) is 0. The van der Waals surface area contributed by atoms with Gasteiger partial charge >= 0.3 is 0 Å². The molecule has 3 heteroatoms. The summed E-state index contributed by atoms with van der Waals surface area (Å²) >= 11 is 0. The molecule has 3 rings (SSSR count). The van der Waals surface area contributed by atoms with Gasteiger partial charge in [0.1, 0.15) is 11.8 Å². The molecule has 3 nitrogen and oxygen atoms in total. The first-order valence-electron chi connectivity index (χ1n) is 12.2. The van der Waals surface area contributed by atoms with Crippen molar-refractivity contribution in [3.05, 3.63) is 58.7 Å². The Bertz CT molecular complexity index is 878. The zero-order valence-electron chi connectivity index (χ0n) is 21.4. The smallest absolute Gasteiger partial charge is 0.236 e. The minimum atomic E-state index is 0.0786. The minimum Gasteiger partial charge on any atom is -0.473 e. The Labute approximate surface area is 195 Å². The largest absolute Gasteiger partial charge is 0.473 e. The molecule has 0 bridgehead atoms. The van der Waals surface area contributed by atoms with Crippen LogP contribution in [0.1, 0.15) is 115 Å². The van der Waals surface area contributed by atoms with Crippen molar-refractivity contribution in [2.24, 2.45) is 9.98 Å². The van der Waals surface area contributed by atoms with Gasteiger partial charge in [0, 0.05) is 6.42 Å². The van der Waals surface area contributed by atoms with Crippen molar-refractivity contribution >= 4 is 23.0 Å². The molecule has 0 spiro atoms. The normalized spacial score (nSPS) is 19.2. The molecule has 172 valence electrons. The van der Waals surface area contributed by atoms with Crippen molar-refractivity contribution in [3.8, 4) is 0 Å². The lowest BCUT2D eigenvalue weighted by Gasteiger charge is -2.18. The number of aliphatic imine (C=N–C) groups is 2. The summed E-state index contributed by atoms with van der Waals surface area (Å²) in [6.07, 6.45) is 0.860. The highest BCUT2D eigenvalue weighted by molar-refractivity contribution is 6.41. The van der Waals surface area contributed by atoms with Crippen molar-refractivity contribution < 1.29 is 4.74 Å². The summed E-state index contributed by atoms with van der Waals surface area (Å²) in [6, 6.07) is 13.1. The van der Waals surface area contributed by atoms with E-state index in [0.29, 0.717) is 29.6 Å². The Morgan fingerprint density at radius 1 is 0.656 bits per heavy atom. The van der Waals surface area contributed by atoms with E-state index in [-0.39, 0.29) is 6.10 Å². The predicted octanol–water partition coefficient (Wildman–Crippen LogP) is 8.79. The van der Waals surface area contributed by atoms with E-state index in [1.807, 2.05) is 0 Å². The topological polar surface area (TPSA) is 34.0 Å². The summed E-state index contributed by atoms with van der Waals surface area (Å²) in [7, 11) is 0. The van der Waals surface area contributed by atoms with Gasteiger partial charge in [-0.25, -0.2) is 9.98 Å². The number of ether oxygens (including phenoxy) is 1.